The van der Waals surface area contributed by atoms with Crippen LogP contribution in [-0.2, 0) is 4.79 Å². The van der Waals surface area contributed by atoms with Crippen molar-refractivity contribution in [2.75, 3.05) is 31.9 Å². The van der Waals surface area contributed by atoms with E-state index in [0.717, 1.165) is 37.1 Å². The summed E-state index contributed by atoms with van der Waals surface area (Å²) in [7, 11) is 0. The van der Waals surface area contributed by atoms with Gasteiger partial charge in [0, 0.05) is 49.2 Å². The van der Waals surface area contributed by atoms with Gasteiger partial charge in [-0.3, -0.25) is 19.8 Å². The number of nitro groups is 1. The molecule has 2 aliphatic rings. The van der Waals surface area contributed by atoms with Crippen LogP contribution in [0, 0.1) is 10.1 Å². The van der Waals surface area contributed by atoms with E-state index in [1.807, 2.05) is 4.90 Å². The van der Waals surface area contributed by atoms with Gasteiger partial charge in [0.25, 0.3) is 5.69 Å². The third-order valence-electron chi connectivity index (χ3n) is 4.14. The number of piperazine rings is 1. The minimum Gasteiger partial charge on any atom is -0.339 e. The van der Waals surface area contributed by atoms with Gasteiger partial charge in [0.15, 0.2) is 0 Å². The molecule has 1 aromatic carbocycles. The quantitative estimate of drug-likeness (QED) is 0.471. The van der Waals surface area contributed by atoms with Crippen LogP contribution in [0.1, 0.15) is 12.8 Å². The van der Waals surface area contributed by atoms with Crippen LogP contribution in [0.15, 0.2) is 29.2 Å². The lowest BCUT2D eigenvalue weighted by Gasteiger charge is -2.34. The van der Waals surface area contributed by atoms with E-state index in [4.69, 9.17) is 0 Å². The van der Waals surface area contributed by atoms with Crippen LogP contribution in [0.3, 0.4) is 0 Å². The number of rotatable bonds is 5. The van der Waals surface area contributed by atoms with Crippen LogP contribution >= 0.6 is 11.8 Å². The average molecular weight is 321 g/mol. The molecule has 0 radical (unpaired) electrons. The van der Waals surface area contributed by atoms with Gasteiger partial charge in [-0.1, -0.05) is 0 Å². The summed E-state index contributed by atoms with van der Waals surface area (Å²) in [5.41, 5.74) is 0.0758. The van der Waals surface area contributed by atoms with Crippen LogP contribution in [0.4, 0.5) is 5.69 Å². The van der Waals surface area contributed by atoms with Crippen molar-refractivity contribution >= 4 is 23.4 Å². The molecule has 1 saturated carbocycles. The Morgan fingerprint density at radius 1 is 1.18 bits per heavy atom. The number of non-ortho nitro benzene ring substituents is 1. The molecule has 1 aliphatic heterocycles. The zero-order valence-corrected chi connectivity index (χ0v) is 13.1. The van der Waals surface area contributed by atoms with Gasteiger partial charge in [-0.25, -0.2) is 0 Å². The minimum atomic E-state index is -0.418. The predicted molar refractivity (Wildman–Crippen MR) is 85.0 cm³/mol. The van der Waals surface area contributed by atoms with Crippen molar-refractivity contribution in [3.05, 3.63) is 34.4 Å². The van der Waals surface area contributed by atoms with E-state index in [1.54, 1.807) is 12.1 Å². The molecule has 118 valence electrons. The van der Waals surface area contributed by atoms with E-state index in [-0.39, 0.29) is 11.6 Å². The third kappa shape index (κ3) is 3.78. The molecule has 2 fully saturated rings. The van der Waals surface area contributed by atoms with Crippen molar-refractivity contribution in [3.8, 4) is 0 Å². The number of amides is 1. The first-order chi connectivity index (χ1) is 10.6. The van der Waals surface area contributed by atoms with E-state index in [0.29, 0.717) is 5.75 Å². The van der Waals surface area contributed by atoms with Crippen molar-refractivity contribution in [1.29, 1.82) is 0 Å². The Hall–Kier alpha value is -1.60. The standard InChI is InChI=1S/C15H19N3O3S/c19-15(17-9-7-16(8-10-17)12-1-2-12)11-22-14-5-3-13(4-6-14)18(20)21/h3-6,12H,1-2,7-11H2. The van der Waals surface area contributed by atoms with Crippen LogP contribution < -0.4 is 0 Å². The first-order valence-electron chi connectivity index (χ1n) is 7.52. The van der Waals surface area contributed by atoms with Gasteiger partial charge in [-0.05, 0) is 25.0 Å². The number of carbonyl (C=O) groups excluding carboxylic acids is 1. The summed E-state index contributed by atoms with van der Waals surface area (Å²) < 4.78 is 0. The fourth-order valence-corrected chi connectivity index (χ4v) is 3.48. The number of hydrogen-bond acceptors (Lipinski definition) is 5. The molecule has 6 nitrogen and oxygen atoms in total. The molecule has 1 aromatic rings. The van der Waals surface area contributed by atoms with Crippen LogP contribution in [0.5, 0.6) is 0 Å². The largest absolute Gasteiger partial charge is 0.339 e. The summed E-state index contributed by atoms with van der Waals surface area (Å²) in [5.74, 6) is 0.542. The van der Waals surface area contributed by atoms with Gasteiger partial charge < -0.3 is 4.90 Å². The van der Waals surface area contributed by atoms with Crippen molar-refractivity contribution < 1.29 is 9.72 Å². The van der Waals surface area contributed by atoms with Gasteiger partial charge in [0.05, 0.1) is 10.7 Å². The molecule has 0 bridgehead atoms. The van der Waals surface area contributed by atoms with Gasteiger partial charge in [0.1, 0.15) is 0 Å². The second-order valence-electron chi connectivity index (χ2n) is 5.69. The molecular formula is C15H19N3O3S. The Bertz CT molecular complexity index is 552. The molecule has 0 unspecified atom stereocenters. The molecule has 1 aliphatic carbocycles. The summed E-state index contributed by atoms with van der Waals surface area (Å²) in [4.78, 5) is 27.7. The lowest BCUT2D eigenvalue weighted by Crippen LogP contribution is -2.49. The average Bonchev–Trinajstić information content (AvgIpc) is 3.38. The second-order valence-corrected chi connectivity index (χ2v) is 6.74. The predicted octanol–water partition coefficient (Wildman–Crippen LogP) is 1.99. The summed E-state index contributed by atoms with van der Waals surface area (Å²) in [5, 5.41) is 10.6. The number of nitrogens with zero attached hydrogens (tertiary/aromatic N) is 3. The molecule has 1 amide bonds. The molecule has 0 N–H and O–H groups in total. The topological polar surface area (TPSA) is 66.7 Å². The van der Waals surface area contributed by atoms with Crippen LogP contribution in [-0.4, -0.2) is 58.6 Å². The molecule has 0 aromatic heterocycles. The SMILES string of the molecule is O=C(CSc1ccc([N+](=O)[O-])cc1)N1CCN(C2CC2)CC1. The van der Waals surface area contributed by atoms with E-state index < -0.39 is 4.92 Å². The van der Waals surface area contributed by atoms with Crippen molar-refractivity contribution in [2.24, 2.45) is 0 Å². The maximum Gasteiger partial charge on any atom is 0.269 e. The molecule has 22 heavy (non-hydrogen) atoms. The Kier molecular flexibility index (Phi) is 4.63. The van der Waals surface area contributed by atoms with Crippen LogP contribution in [0.25, 0.3) is 0 Å². The van der Waals surface area contributed by atoms with Crippen molar-refractivity contribution in [1.82, 2.24) is 9.80 Å². The van der Waals surface area contributed by atoms with Gasteiger partial charge in [-0.15, -0.1) is 11.8 Å². The minimum absolute atomic E-state index is 0.0758. The summed E-state index contributed by atoms with van der Waals surface area (Å²) in [6, 6.07) is 7.11. The van der Waals surface area contributed by atoms with Crippen LogP contribution in [0.2, 0.25) is 0 Å². The normalized spacial score (nSPS) is 19.2. The molecule has 3 rings (SSSR count). The number of hydrogen-bond donors (Lipinski definition) is 0. The Balaban J connectivity index is 1.44. The summed E-state index contributed by atoms with van der Waals surface area (Å²) >= 11 is 1.43. The smallest absolute Gasteiger partial charge is 0.269 e. The zero-order chi connectivity index (χ0) is 15.5. The zero-order valence-electron chi connectivity index (χ0n) is 12.3. The maximum atomic E-state index is 12.2. The van der Waals surface area contributed by atoms with Crippen molar-refractivity contribution in [3.63, 3.8) is 0 Å². The number of carbonyl (C=O) groups is 1. The highest BCUT2D eigenvalue weighted by atomic mass is 32.2. The monoisotopic (exact) mass is 321 g/mol. The number of thioether (sulfide) groups is 1. The fraction of sp³-hybridized carbons (Fsp3) is 0.533. The lowest BCUT2D eigenvalue weighted by molar-refractivity contribution is -0.384. The molecule has 1 heterocycles. The summed E-state index contributed by atoms with van der Waals surface area (Å²) in [6.07, 6.45) is 2.62. The van der Waals surface area contributed by atoms with E-state index in [9.17, 15) is 14.9 Å². The highest BCUT2D eigenvalue weighted by Crippen LogP contribution is 2.27. The Morgan fingerprint density at radius 3 is 2.36 bits per heavy atom. The molecular weight excluding hydrogens is 302 g/mol. The van der Waals surface area contributed by atoms with E-state index >= 15 is 0 Å². The van der Waals surface area contributed by atoms with Gasteiger partial charge in [0.2, 0.25) is 5.91 Å². The first kappa shape index (κ1) is 15.3. The molecule has 0 atom stereocenters. The lowest BCUT2D eigenvalue weighted by atomic mass is 10.3. The van der Waals surface area contributed by atoms with E-state index in [1.165, 1.54) is 36.7 Å². The fourth-order valence-electron chi connectivity index (χ4n) is 2.68. The maximum absolute atomic E-state index is 12.2. The molecule has 1 saturated heterocycles. The first-order valence-corrected chi connectivity index (χ1v) is 8.51. The number of benzene rings is 1. The highest BCUT2D eigenvalue weighted by Gasteiger charge is 2.32. The Labute approximate surface area is 133 Å². The Morgan fingerprint density at radius 2 is 1.82 bits per heavy atom. The highest BCUT2D eigenvalue weighted by molar-refractivity contribution is 8.00. The molecule has 0 spiro atoms. The second kappa shape index (κ2) is 6.66. The third-order valence-corrected chi connectivity index (χ3v) is 5.14. The van der Waals surface area contributed by atoms with Gasteiger partial charge >= 0.3 is 0 Å². The number of nitro benzene ring substituents is 1. The van der Waals surface area contributed by atoms with Crippen molar-refractivity contribution in [2.45, 2.75) is 23.8 Å². The van der Waals surface area contributed by atoms with E-state index in [2.05, 4.69) is 4.90 Å². The van der Waals surface area contributed by atoms with Gasteiger partial charge in [-0.2, -0.15) is 0 Å². The summed E-state index contributed by atoms with van der Waals surface area (Å²) in [6.45, 7) is 3.60. The molecule has 7 heteroatoms.